The van der Waals surface area contributed by atoms with Crippen LogP contribution in [0.5, 0.6) is 0 Å². The smallest absolute Gasteiger partial charge is 0.335 e. The van der Waals surface area contributed by atoms with E-state index in [-0.39, 0.29) is 33.7 Å². The molecule has 0 aliphatic heterocycles. The van der Waals surface area contributed by atoms with Crippen LogP contribution in [-0.4, -0.2) is 30.1 Å². The van der Waals surface area contributed by atoms with Gasteiger partial charge in [0, 0.05) is 6.54 Å². The Morgan fingerprint density at radius 2 is 1.89 bits per heavy atom. The van der Waals surface area contributed by atoms with Gasteiger partial charge in [-0.05, 0) is 12.1 Å². The third-order valence-electron chi connectivity index (χ3n) is 2.13. The molecule has 1 aromatic carbocycles. The van der Waals surface area contributed by atoms with Crippen LogP contribution in [0.4, 0.5) is 5.69 Å². The predicted molar refractivity (Wildman–Crippen MR) is 75.1 cm³/mol. The number of carboxylic acids is 1. The van der Waals surface area contributed by atoms with E-state index in [2.05, 4.69) is 17.2 Å². The molecule has 0 aliphatic rings. The van der Waals surface area contributed by atoms with E-state index >= 15 is 0 Å². The summed E-state index contributed by atoms with van der Waals surface area (Å²) in [6, 6.07) is 2.45. The van der Waals surface area contributed by atoms with Gasteiger partial charge in [0.25, 0.3) is 0 Å². The van der Waals surface area contributed by atoms with Gasteiger partial charge >= 0.3 is 5.97 Å². The number of halogens is 2. The lowest BCUT2D eigenvalue weighted by Crippen LogP contribution is -2.28. The fourth-order valence-corrected chi connectivity index (χ4v) is 1.87. The van der Waals surface area contributed by atoms with Crippen LogP contribution < -0.4 is 10.6 Å². The molecule has 7 heteroatoms. The molecule has 1 aromatic rings. The summed E-state index contributed by atoms with van der Waals surface area (Å²) in [6.07, 6.45) is 1.62. The average Bonchev–Trinajstić information content (AvgIpc) is 2.33. The second-order valence-electron chi connectivity index (χ2n) is 3.59. The number of amides is 1. The molecule has 0 aromatic heterocycles. The molecule has 0 aliphatic carbocycles. The second kappa shape index (κ2) is 7.13. The highest BCUT2D eigenvalue weighted by Gasteiger charge is 2.14. The van der Waals surface area contributed by atoms with Gasteiger partial charge in [0.2, 0.25) is 5.91 Å². The lowest BCUT2D eigenvalue weighted by molar-refractivity contribution is -0.115. The van der Waals surface area contributed by atoms with E-state index in [0.717, 1.165) is 0 Å². The van der Waals surface area contributed by atoms with Crippen molar-refractivity contribution in [3.63, 3.8) is 0 Å². The SMILES string of the molecule is C=CCNCC(=O)Nc1c(Cl)cc(C(=O)O)cc1Cl. The summed E-state index contributed by atoms with van der Waals surface area (Å²) in [6.45, 7) is 4.07. The number of carbonyl (C=O) groups is 2. The zero-order valence-corrected chi connectivity index (χ0v) is 11.4. The van der Waals surface area contributed by atoms with Gasteiger partial charge in [-0.2, -0.15) is 0 Å². The molecule has 1 amide bonds. The Kier molecular flexibility index (Phi) is 5.82. The van der Waals surface area contributed by atoms with Gasteiger partial charge in [-0.1, -0.05) is 29.3 Å². The number of carboxylic acid groups (broad SMARTS) is 1. The first-order valence-corrected chi connectivity index (χ1v) is 6.05. The van der Waals surface area contributed by atoms with Gasteiger partial charge in [0.15, 0.2) is 0 Å². The summed E-state index contributed by atoms with van der Waals surface area (Å²) >= 11 is 11.8. The van der Waals surface area contributed by atoms with Crippen molar-refractivity contribution in [2.24, 2.45) is 0 Å². The van der Waals surface area contributed by atoms with Crippen LogP contribution in [0.3, 0.4) is 0 Å². The minimum atomic E-state index is -1.14. The van der Waals surface area contributed by atoms with Crippen LogP contribution in [0.1, 0.15) is 10.4 Å². The first-order valence-electron chi connectivity index (χ1n) is 5.29. The minimum Gasteiger partial charge on any atom is -0.478 e. The van der Waals surface area contributed by atoms with Crippen LogP contribution >= 0.6 is 23.2 Å². The fourth-order valence-electron chi connectivity index (χ4n) is 1.29. The highest BCUT2D eigenvalue weighted by Crippen LogP contribution is 2.31. The van der Waals surface area contributed by atoms with Gasteiger partial charge in [0.1, 0.15) is 0 Å². The zero-order valence-electron chi connectivity index (χ0n) is 9.87. The van der Waals surface area contributed by atoms with E-state index < -0.39 is 5.97 Å². The maximum absolute atomic E-state index is 11.6. The lowest BCUT2D eigenvalue weighted by atomic mass is 10.2. The summed E-state index contributed by atoms with van der Waals surface area (Å²) in [7, 11) is 0. The lowest BCUT2D eigenvalue weighted by Gasteiger charge is -2.10. The van der Waals surface area contributed by atoms with Crippen molar-refractivity contribution in [1.29, 1.82) is 0 Å². The van der Waals surface area contributed by atoms with Gasteiger partial charge in [-0.15, -0.1) is 6.58 Å². The van der Waals surface area contributed by atoms with Crippen LogP contribution in [0.2, 0.25) is 10.0 Å². The monoisotopic (exact) mass is 302 g/mol. The summed E-state index contributed by atoms with van der Waals surface area (Å²) in [5, 5.41) is 14.3. The minimum absolute atomic E-state index is 0.0437. The van der Waals surface area contributed by atoms with Crippen molar-refractivity contribution in [1.82, 2.24) is 5.32 Å². The summed E-state index contributed by atoms with van der Waals surface area (Å²) < 4.78 is 0. The van der Waals surface area contributed by atoms with Gasteiger partial charge in [-0.25, -0.2) is 4.79 Å². The molecule has 0 atom stereocenters. The normalized spacial score (nSPS) is 10.0. The molecule has 0 saturated carbocycles. The first kappa shape index (κ1) is 15.5. The molecule has 0 spiro atoms. The Balaban J connectivity index is 2.81. The second-order valence-corrected chi connectivity index (χ2v) is 4.40. The molecule has 102 valence electrons. The summed E-state index contributed by atoms with van der Waals surface area (Å²) in [4.78, 5) is 22.4. The fraction of sp³-hybridized carbons (Fsp3) is 0.167. The predicted octanol–water partition coefficient (Wildman–Crippen LogP) is 2.41. The molecule has 0 bridgehead atoms. The van der Waals surface area contributed by atoms with Crippen molar-refractivity contribution < 1.29 is 14.7 Å². The van der Waals surface area contributed by atoms with Gasteiger partial charge in [-0.3, -0.25) is 4.79 Å². The number of aromatic carboxylic acids is 1. The number of hydrogen-bond acceptors (Lipinski definition) is 3. The van der Waals surface area contributed by atoms with Gasteiger partial charge in [0.05, 0.1) is 27.8 Å². The summed E-state index contributed by atoms with van der Waals surface area (Å²) in [5.41, 5.74) is 0.150. The Morgan fingerprint density at radius 3 is 2.37 bits per heavy atom. The highest BCUT2D eigenvalue weighted by molar-refractivity contribution is 6.40. The number of benzene rings is 1. The topological polar surface area (TPSA) is 78.4 Å². The molecule has 5 nitrogen and oxygen atoms in total. The molecule has 1 rings (SSSR count). The molecular weight excluding hydrogens is 291 g/mol. The number of rotatable bonds is 6. The maximum Gasteiger partial charge on any atom is 0.335 e. The van der Waals surface area contributed by atoms with E-state index in [9.17, 15) is 9.59 Å². The highest BCUT2D eigenvalue weighted by atomic mass is 35.5. The largest absolute Gasteiger partial charge is 0.478 e. The van der Waals surface area contributed by atoms with Crippen molar-refractivity contribution in [3.05, 3.63) is 40.4 Å². The van der Waals surface area contributed by atoms with E-state index in [1.54, 1.807) is 6.08 Å². The Labute approximate surface area is 120 Å². The van der Waals surface area contributed by atoms with Gasteiger partial charge < -0.3 is 15.7 Å². The standard InChI is InChI=1S/C12H12Cl2N2O3/c1-2-3-15-6-10(17)16-11-8(13)4-7(12(18)19)5-9(11)14/h2,4-5,15H,1,3,6H2,(H,16,17)(H,18,19). The molecule has 0 unspecified atom stereocenters. The molecule has 0 fully saturated rings. The van der Waals surface area contributed by atoms with Crippen LogP contribution in [0.15, 0.2) is 24.8 Å². The molecule has 19 heavy (non-hydrogen) atoms. The molecule has 3 N–H and O–H groups in total. The van der Waals surface area contributed by atoms with E-state index in [4.69, 9.17) is 28.3 Å². The first-order chi connectivity index (χ1) is 8.95. The molecule has 0 radical (unpaired) electrons. The van der Waals surface area contributed by atoms with Crippen LogP contribution in [0, 0.1) is 0 Å². The number of anilines is 1. The average molecular weight is 303 g/mol. The Hall–Kier alpha value is -1.56. The van der Waals surface area contributed by atoms with Crippen molar-refractivity contribution in [2.75, 3.05) is 18.4 Å². The third-order valence-corrected chi connectivity index (χ3v) is 2.72. The third kappa shape index (κ3) is 4.55. The van der Waals surface area contributed by atoms with Crippen LogP contribution in [-0.2, 0) is 4.79 Å². The molecule has 0 heterocycles. The van der Waals surface area contributed by atoms with Crippen molar-refractivity contribution >= 4 is 40.8 Å². The number of hydrogen-bond donors (Lipinski definition) is 3. The molecule has 0 saturated heterocycles. The van der Waals surface area contributed by atoms with Crippen molar-refractivity contribution in [2.45, 2.75) is 0 Å². The Bertz CT molecular complexity index is 495. The maximum atomic E-state index is 11.6. The van der Waals surface area contributed by atoms with Crippen LogP contribution in [0.25, 0.3) is 0 Å². The quantitative estimate of drug-likeness (QED) is 0.557. The van der Waals surface area contributed by atoms with Crippen molar-refractivity contribution in [3.8, 4) is 0 Å². The number of carbonyl (C=O) groups excluding carboxylic acids is 1. The number of nitrogens with one attached hydrogen (secondary N) is 2. The Morgan fingerprint density at radius 1 is 1.32 bits per heavy atom. The van der Waals surface area contributed by atoms with E-state index in [1.807, 2.05) is 0 Å². The molecular formula is C12H12Cl2N2O3. The zero-order chi connectivity index (χ0) is 14.4. The van der Waals surface area contributed by atoms with E-state index in [0.29, 0.717) is 6.54 Å². The summed E-state index contributed by atoms with van der Waals surface area (Å²) in [5.74, 6) is -1.48. The van der Waals surface area contributed by atoms with E-state index in [1.165, 1.54) is 12.1 Å².